The number of carboxylic acid groups (broad SMARTS) is 1. The van der Waals surface area contributed by atoms with Crippen molar-refractivity contribution in [1.82, 2.24) is 24.9 Å². The summed E-state index contributed by atoms with van der Waals surface area (Å²) in [6, 6.07) is 9.15. The van der Waals surface area contributed by atoms with Crippen LogP contribution in [0.25, 0.3) is 10.8 Å². The minimum absolute atomic E-state index is 0.0574. The number of hydrogen-bond donors (Lipinski definition) is 4. The van der Waals surface area contributed by atoms with Crippen molar-refractivity contribution in [3.8, 4) is 0 Å². The highest BCUT2D eigenvalue weighted by Crippen LogP contribution is 2.28. The molecule has 1 aliphatic heterocycles. The second kappa shape index (κ2) is 16.2. The number of nitrogens with two attached hydrogens (primary N) is 1. The first-order valence-electron chi connectivity index (χ1n) is 14.4. The first-order chi connectivity index (χ1) is 21.4. The van der Waals surface area contributed by atoms with Crippen molar-refractivity contribution in [1.29, 1.82) is 0 Å². The zero-order chi connectivity index (χ0) is 33.1. The molecule has 1 saturated heterocycles. The Labute approximate surface area is 262 Å². The molecule has 2 atom stereocenters. The molecule has 2 fully saturated rings. The average molecular weight is 648 g/mol. The smallest absolute Gasteiger partial charge is 0.348 e. The number of benzene rings is 2. The Balaban J connectivity index is 0.00000130. The van der Waals surface area contributed by atoms with Crippen molar-refractivity contribution in [2.24, 2.45) is 16.9 Å². The minimum Gasteiger partial charge on any atom is -0.481 e. The molecule has 1 heterocycles. The van der Waals surface area contributed by atoms with E-state index in [9.17, 15) is 22.8 Å². The number of sulfonamides is 1. The predicted molar refractivity (Wildman–Crippen MR) is 166 cm³/mol. The fraction of sp³-hybridized carbons (Fsp3) is 0.483. The van der Waals surface area contributed by atoms with Crippen molar-refractivity contribution in [3.63, 3.8) is 0 Å². The van der Waals surface area contributed by atoms with Crippen LogP contribution in [-0.4, -0.2) is 104 Å². The van der Waals surface area contributed by atoms with Gasteiger partial charge in [0.2, 0.25) is 21.8 Å². The second-order valence-corrected chi connectivity index (χ2v) is 12.7. The van der Waals surface area contributed by atoms with Crippen LogP contribution >= 0.6 is 0 Å². The summed E-state index contributed by atoms with van der Waals surface area (Å²) in [6.07, 6.45) is 4.07. The number of likely N-dealkylation sites (tertiary alicyclic amines) is 1. The van der Waals surface area contributed by atoms with Gasteiger partial charge in [-0.1, -0.05) is 30.3 Å². The molecule has 0 aromatic heterocycles. The Morgan fingerprint density at radius 1 is 1.16 bits per heavy atom. The molecular formula is C29H41N7O8S. The van der Waals surface area contributed by atoms with Crippen LogP contribution in [0.4, 0.5) is 4.79 Å². The maximum absolute atomic E-state index is 13.7. The lowest BCUT2D eigenvalue weighted by molar-refractivity contribution is -0.137. The van der Waals surface area contributed by atoms with E-state index in [2.05, 4.69) is 15.3 Å². The molecule has 0 unspecified atom stereocenters. The number of hydrazone groups is 1. The molecule has 0 bridgehead atoms. The lowest BCUT2D eigenvalue weighted by atomic mass is 9.97. The van der Waals surface area contributed by atoms with Crippen LogP contribution in [0.2, 0.25) is 0 Å². The summed E-state index contributed by atoms with van der Waals surface area (Å²) < 4.78 is 29.4. The van der Waals surface area contributed by atoms with Crippen molar-refractivity contribution >= 4 is 50.9 Å². The Kier molecular flexibility index (Phi) is 12.6. The lowest BCUT2D eigenvalue weighted by Gasteiger charge is -2.34. The van der Waals surface area contributed by atoms with Crippen LogP contribution < -0.4 is 16.0 Å². The van der Waals surface area contributed by atoms with Crippen LogP contribution in [0, 0.1) is 5.92 Å². The Morgan fingerprint density at radius 2 is 1.82 bits per heavy atom. The summed E-state index contributed by atoms with van der Waals surface area (Å²) in [5.74, 6) is 3.34. The summed E-state index contributed by atoms with van der Waals surface area (Å²) in [7, 11) is -1.40. The minimum atomic E-state index is -4.25. The van der Waals surface area contributed by atoms with Gasteiger partial charge < -0.3 is 20.7 Å². The largest absolute Gasteiger partial charge is 0.481 e. The number of amides is 4. The normalized spacial score (nSPS) is 17.2. The van der Waals surface area contributed by atoms with Crippen LogP contribution in [0.1, 0.15) is 39.0 Å². The van der Waals surface area contributed by atoms with E-state index in [1.807, 2.05) is 17.0 Å². The van der Waals surface area contributed by atoms with Crippen LogP contribution in [0.5, 0.6) is 0 Å². The number of piperidine rings is 1. The van der Waals surface area contributed by atoms with Gasteiger partial charge in [-0.2, -0.15) is 9.82 Å². The fourth-order valence-corrected chi connectivity index (χ4v) is 6.34. The molecule has 2 aromatic rings. The molecule has 2 aliphatic rings. The molecule has 246 valence electrons. The van der Waals surface area contributed by atoms with E-state index in [1.165, 1.54) is 24.1 Å². The van der Waals surface area contributed by atoms with Gasteiger partial charge in [0.05, 0.1) is 18.4 Å². The van der Waals surface area contributed by atoms with E-state index in [-0.39, 0.29) is 10.8 Å². The fourth-order valence-electron chi connectivity index (χ4n) is 5.12. The van der Waals surface area contributed by atoms with Crippen molar-refractivity contribution in [2.45, 2.75) is 56.0 Å². The topological polar surface area (TPSA) is 204 Å². The van der Waals surface area contributed by atoms with E-state index >= 15 is 0 Å². The van der Waals surface area contributed by atoms with Crippen LogP contribution in [0.3, 0.4) is 0 Å². The third kappa shape index (κ3) is 10.4. The molecule has 1 aliphatic carbocycles. The maximum Gasteiger partial charge on any atom is 0.348 e. The Hall–Kier alpha value is -4.28. The summed E-state index contributed by atoms with van der Waals surface area (Å²) in [6.45, 7) is 2.98. The highest BCUT2D eigenvalue weighted by Gasteiger charge is 2.42. The van der Waals surface area contributed by atoms with Gasteiger partial charge in [-0.25, -0.2) is 18.7 Å². The molecule has 4 rings (SSSR count). The number of fused-ring (bicyclic) bond motifs is 1. The number of nitrogens with zero attached hydrogens (tertiary/aromatic N) is 4. The number of imide groups is 1. The van der Waals surface area contributed by atoms with Gasteiger partial charge in [0.15, 0.2) is 0 Å². The standard InChI is InChI=1S/C27H37N7O6S.C2H4O2/c1-32(16-19-6-5-13-33(17-19)18-29-28)25(35)15-24(26(36)34(22-10-11-22)27(37)30-40-2)31-41(38,39)23-12-9-20-7-3-4-8-21(20)14-23;1-2(3)4/h3-4,7-9,12,14,18-19,22,24,31H,5-6,10-11,13,15-17,28H2,1-2H3,(H,30,37);1H3,(H,3,4)/t19-,24+;/m1./s1. The molecule has 2 aromatic carbocycles. The number of rotatable bonds is 11. The van der Waals surface area contributed by atoms with Gasteiger partial charge in [0.1, 0.15) is 12.4 Å². The van der Waals surface area contributed by atoms with Gasteiger partial charge >= 0.3 is 6.03 Å². The van der Waals surface area contributed by atoms with Crippen LogP contribution in [-0.2, 0) is 29.2 Å². The number of nitrogens with one attached hydrogen (secondary N) is 2. The number of urea groups is 1. The average Bonchev–Trinajstić information content (AvgIpc) is 3.82. The third-order valence-corrected chi connectivity index (χ3v) is 8.77. The molecule has 15 nitrogen and oxygen atoms in total. The van der Waals surface area contributed by atoms with Crippen molar-refractivity contribution in [2.75, 3.05) is 33.8 Å². The van der Waals surface area contributed by atoms with E-state index in [1.54, 1.807) is 31.6 Å². The van der Waals surface area contributed by atoms with Gasteiger partial charge in [0.25, 0.3) is 5.97 Å². The quantitative estimate of drug-likeness (QED) is 0.119. The molecule has 16 heteroatoms. The monoisotopic (exact) mass is 647 g/mol. The summed E-state index contributed by atoms with van der Waals surface area (Å²) >= 11 is 0. The van der Waals surface area contributed by atoms with Crippen molar-refractivity contribution in [3.05, 3.63) is 42.5 Å². The Bertz CT molecular complexity index is 1490. The third-order valence-electron chi connectivity index (χ3n) is 7.30. The lowest BCUT2D eigenvalue weighted by Crippen LogP contribution is -2.55. The van der Waals surface area contributed by atoms with Gasteiger partial charge in [-0.05, 0) is 54.5 Å². The predicted octanol–water partition coefficient (Wildman–Crippen LogP) is 1.30. The van der Waals surface area contributed by atoms with E-state index in [0.29, 0.717) is 31.3 Å². The molecule has 5 N–H and O–H groups in total. The highest BCUT2D eigenvalue weighted by molar-refractivity contribution is 7.89. The number of carbonyl (C=O) groups is 4. The van der Waals surface area contributed by atoms with Crippen LogP contribution in [0.15, 0.2) is 52.5 Å². The molecule has 0 spiro atoms. The number of hydrogen-bond acceptors (Lipinski definition) is 9. The molecule has 4 amide bonds. The number of aliphatic carboxylic acids is 1. The number of carbonyl (C=O) groups excluding carboxylic acids is 3. The van der Waals surface area contributed by atoms with E-state index in [4.69, 9.17) is 20.6 Å². The molecular weight excluding hydrogens is 606 g/mol. The Morgan fingerprint density at radius 3 is 2.44 bits per heavy atom. The summed E-state index contributed by atoms with van der Waals surface area (Å²) in [5, 5.41) is 12.5. The van der Waals surface area contributed by atoms with Gasteiger partial charge in [-0.15, -0.1) is 0 Å². The maximum atomic E-state index is 13.7. The molecule has 1 saturated carbocycles. The van der Waals surface area contributed by atoms with Gasteiger partial charge in [0, 0.05) is 39.6 Å². The van der Waals surface area contributed by atoms with E-state index in [0.717, 1.165) is 36.6 Å². The zero-order valence-corrected chi connectivity index (χ0v) is 26.4. The molecule has 0 radical (unpaired) electrons. The van der Waals surface area contributed by atoms with Gasteiger partial charge in [-0.3, -0.25) is 24.1 Å². The number of carboxylic acids is 1. The summed E-state index contributed by atoms with van der Waals surface area (Å²) in [5.41, 5.74) is 2.13. The second-order valence-electron chi connectivity index (χ2n) is 11.0. The highest BCUT2D eigenvalue weighted by atomic mass is 32.2. The SMILES string of the molecule is CC(=O)O.CONC(=O)N(C(=O)[C@H](CC(=O)N(C)C[C@H]1CCCN(C=NN)C1)NS(=O)(=O)c1ccc2ccccc2c1)C1CC1. The summed E-state index contributed by atoms with van der Waals surface area (Å²) in [4.78, 5) is 57.8. The first kappa shape index (κ1) is 35.2. The van der Waals surface area contributed by atoms with E-state index < -0.39 is 52.3 Å². The first-order valence-corrected chi connectivity index (χ1v) is 15.9. The molecule has 45 heavy (non-hydrogen) atoms. The van der Waals surface area contributed by atoms with Crippen molar-refractivity contribution < 1.29 is 37.5 Å². The zero-order valence-electron chi connectivity index (χ0n) is 25.6. The number of hydroxylamine groups is 1.